The second-order valence-electron chi connectivity index (χ2n) is 6.57. The Kier molecular flexibility index (Phi) is 3.93. The van der Waals surface area contributed by atoms with Gasteiger partial charge in [0, 0.05) is 25.3 Å². The maximum absolute atomic E-state index is 11.2. The van der Waals surface area contributed by atoms with Crippen LogP contribution in [-0.2, 0) is 13.0 Å². The third-order valence-corrected chi connectivity index (χ3v) is 4.91. The fourth-order valence-corrected chi connectivity index (χ4v) is 3.74. The number of benzene rings is 1. The molecule has 2 aromatic rings. The predicted octanol–water partition coefficient (Wildman–Crippen LogP) is 1.18. The summed E-state index contributed by atoms with van der Waals surface area (Å²) in [5.74, 6) is -0.482. The van der Waals surface area contributed by atoms with Gasteiger partial charge in [0.05, 0.1) is 6.04 Å². The maximum Gasteiger partial charge on any atom is 0.288 e. The van der Waals surface area contributed by atoms with Crippen LogP contribution < -0.4 is 11.1 Å². The molecule has 1 amide bonds. The number of hydrogen-bond acceptors (Lipinski definition) is 5. The van der Waals surface area contributed by atoms with Gasteiger partial charge in [-0.15, -0.1) is 5.10 Å². The lowest BCUT2D eigenvalue weighted by atomic mass is 10.0. The Morgan fingerprint density at radius 1 is 1.42 bits per heavy atom. The molecule has 1 unspecified atom stereocenters. The zero-order valence-electron chi connectivity index (χ0n) is 13.6. The third-order valence-electron chi connectivity index (χ3n) is 4.91. The number of nitrogens with zero attached hydrogens (tertiary/aromatic N) is 4. The summed E-state index contributed by atoms with van der Waals surface area (Å²) in [5, 5.41) is 7.74. The Bertz CT molecular complexity index is 755. The lowest BCUT2D eigenvalue weighted by Gasteiger charge is -2.33. The SMILES string of the molecule is NC(=O)c1ncn(C2CCCN(Cc3cccc4c3NCC4)C2)n1. The Labute approximate surface area is 140 Å². The zero-order chi connectivity index (χ0) is 16.5. The Hall–Kier alpha value is -2.41. The van der Waals surface area contributed by atoms with Crippen molar-refractivity contribution in [3.05, 3.63) is 41.5 Å². The van der Waals surface area contributed by atoms with Gasteiger partial charge in [-0.2, -0.15) is 0 Å². The molecule has 1 fully saturated rings. The molecule has 3 heterocycles. The number of piperidine rings is 1. The van der Waals surface area contributed by atoms with E-state index in [1.165, 1.54) is 16.8 Å². The van der Waals surface area contributed by atoms with E-state index in [4.69, 9.17) is 5.73 Å². The molecule has 0 radical (unpaired) electrons. The number of rotatable bonds is 4. The van der Waals surface area contributed by atoms with Crippen molar-refractivity contribution in [3.63, 3.8) is 0 Å². The number of amides is 1. The van der Waals surface area contributed by atoms with E-state index in [0.29, 0.717) is 0 Å². The number of anilines is 1. The molecule has 2 aliphatic heterocycles. The molecule has 4 rings (SSSR count). The minimum atomic E-state index is -0.577. The number of hydrogen-bond donors (Lipinski definition) is 2. The summed E-state index contributed by atoms with van der Waals surface area (Å²) < 4.78 is 1.79. The van der Waals surface area contributed by atoms with Crippen LogP contribution in [0.1, 0.15) is 40.6 Å². The first-order valence-electron chi connectivity index (χ1n) is 8.48. The second-order valence-corrected chi connectivity index (χ2v) is 6.57. The van der Waals surface area contributed by atoms with E-state index in [-0.39, 0.29) is 11.9 Å². The largest absolute Gasteiger partial charge is 0.384 e. The van der Waals surface area contributed by atoms with Gasteiger partial charge in [-0.3, -0.25) is 9.69 Å². The van der Waals surface area contributed by atoms with Gasteiger partial charge < -0.3 is 11.1 Å². The van der Waals surface area contributed by atoms with Crippen LogP contribution in [0.2, 0.25) is 0 Å². The average Bonchev–Trinajstić information content (AvgIpc) is 3.25. The summed E-state index contributed by atoms with van der Waals surface area (Å²) >= 11 is 0. The van der Waals surface area contributed by atoms with E-state index in [1.54, 1.807) is 11.0 Å². The van der Waals surface area contributed by atoms with Crippen molar-refractivity contribution < 1.29 is 4.79 Å². The number of carbonyl (C=O) groups excluding carboxylic acids is 1. The molecule has 0 aliphatic carbocycles. The van der Waals surface area contributed by atoms with Gasteiger partial charge >= 0.3 is 0 Å². The first-order valence-corrected chi connectivity index (χ1v) is 8.48. The van der Waals surface area contributed by atoms with E-state index >= 15 is 0 Å². The van der Waals surface area contributed by atoms with Crippen LogP contribution in [-0.4, -0.2) is 45.2 Å². The highest BCUT2D eigenvalue weighted by Gasteiger charge is 2.24. The number of likely N-dealkylation sites (tertiary alicyclic amines) is 1. The molecule has 7 heteroatoms. The van der Waals surface area contributed by atoms with E-state index < -0.39 is 5.91 Å². The van der Waals surface area contributed by atoms with Gasteiger partial charge in [-0.1, -0.05) is 18.2 Å². The fourth-order valence-electron chi connectivity index (χ4n) is 3.74. The van der Waals surface area contributed by atoms with Crippen LogP contribution >= 0.6 is 0 Å². The molecule has 7 nitrogen and oxygen atoms in total. The van der Waals surface area contributed by atoms with Crippen molar-refractivity contribution in [2.45, 2.75) is 31.8 Å². The predicted molar refractivity (Wildman–Crippen MR) is 90.7 cm³/mol. The van der Waals surface area contributed by atoms with Crippen molar-refractivity contribution >= 4 is 11.6 Å². The number of carbonyl (C=O) groups is 1. The van der Waals surface area contributed by atoms with Gasteiger partial charge in [0.15, 0.2) is 0 Å². The lowest BCUT2D eigenvalue weighted by Crippen LogP contribution is -2.36. The summed E-state index contributed by atoms with van der Waals surface area (Å²) in [5.41, 5.74) is 9.34. The molecular formula is C17H22N6O. The molecule has 24 heavy (non-hydrogen) atoms. The Morgan fingerprint density at radius 2 is 2.33 bits per heavy atom. The molecule has 2 aliphatic rings. The third kappa shape index (κ3) is 2.87. The molecule has 1 saturated heterocycles. The fraction of sp³-hybridized carbons (Fsp3) is 0.471. The summed E-state index contributed by atoms with van der Waals surface area (Å²) in [7, 11) is 0. The minimum Gasteiger partial charge on any atom is -0.384 e. The molecule has 0 bridgehead atoms. The van der Waals surface area contributed by atoms with Crippen LogP contribution in [0.4, 0.5) is 5.69 Å². The first kappa shape index (κ1) is 15.1. The van der Waals surface area contributed by atoms with Crippen LogP contribution in [0.3, 0.4) is 0 Å². The average molecular weight is 326 g/mol. The molecule has 1 atom stereocenters. The summed E-state index contributed by atoms with van der Waals surface area (Å²) in [6.07, 6.45) is 4.89. The summed E-state index contributed by atoms with van der Waals surface area (Å²) in [6.45, 7) is 3.96. The second kappa shape index (κ2) is 6.24. The standard InChI is InChI=1S/C17H22N6O/c18-16(24)17-20-11-23(21-17)14-5-2-8-22(10-14)9-13-4-1-3-12-6-7-19-15(12)13/h1,3-4,11,14,19H,2,5-10H2,(H2,18,24). The van der Waals surface area contributed by atoms with Crippen LogP contribution in [0.5, 0.6) is 0 Å². The molecule has 0 saturated carbocycles. The Balaban J connectivity index is 1.47. The smallest absolute Gasteiger partial charge is 0.288 e. The molecule has 0 spiro atoms. The molecular weight excluding hydrogens is 304 g/mol. The normalized spacial score (nSPS) is 20.6. The maximum atomic E-state index is 11.2. The number of nitrogens with one attached hydrogen (secondary N) is 1. The van der Waals surface area contributed by atoms with Crippen molar-refractivity contribution in [2.75, 3.05) is 25.0 Å². The van der Waals surface area contributed by atoms with Gasteiger partial charge in [0.2, 0.25) is 5.82 Å². The highest BCUT2D eigenvalue weighted by molar-refractivity contribution is 5.88. The first-order chi connectivity index (χ1) is 11.7. The molecule has 126 valence electrons. The van der Waals surface area contributed by atoms with Gasteiger partial charge in [-0.05, 0) is 36.9 Å². The monoisotopic (exact) mass is 326 g/mol. The lowest BCUT2D eigenvalue weighted by molar-refractivity contribution is 0.0989. The summed E-state index contributed by atoms with van der Waals surface area (Å²) in [4.78, 5) is 17.6. The summed E-state index contributed by atoms with van der Waals surface area (Å²) in [6, 6.07) is 6.81. The number of fused-ring (bicyclic) bond motifs is 1. The molecule has 1 aromatic heterocycles. The quantitative estimate of drug-likeness (QED) is 0.881. The van der Waals surface area contributed by atoms with E-state index in [1.807, 2.05) is 0 Å². The van der Waals surface area contributed by atoms with Crippen molar-refractivity contribution in [2.24, 2.45) is 5.73 Å². The van der Waals surface area contributed by atoms with Gasteiger partial charge in [-0.25, -0.2) is 9.67 Å². The van der Waals surface area contributed by atoms with Crippen molar-refractivity contribution in [1.82, 2.24) is 19.7 Å². The molecule has 3 N–H and O–H groups in total. The zero-order valence-corrected chi connectivity index (χ0v) is 13.6. The van der Waals surface area contributed by atoms with Crippen LogP contribution in [0, 0.1) is 0 Å². The van der Waals surface area contributed by atoms with Crippen LogP contribution in [0.25, 0.3) is 0 Å². The van der Waals surface area contributed by atoms with Gasteiger partial charge in [0.1, 0.15) is 6.33 Å². The van der Waals surface area contributed by atoms with Gasteiger partial charge in [0.25, 0.3) is 5.91 Å². The molecule has 1 aromatic carbocycles. The Morgan fingerprint density at radius 3 is 3.17 bits per heavy atom. The van der Waals surface area contributed by atoms with Crippen LogP contribution in [0.15, 0.2) is 24.5 Å². The van der Waals surface area contributed by atoms with Crippen molar-refractivity contribution in [1.29, 1.82) is 0 Å². The highest BCUT2D eigenvalue weighted by atomic mass is 16.1. The number of para-hydroxylation sites is 1. The van der Waals surface area contributed by atoms with E-state index in [9.17, 15) is 4.79 Å². The number of primary amides is 1. The van der Waals surface area contributed by atoms with E-state index in [0.717, 1.165) is 45.4 Å². The number of nitrogens with two attached hydrogens (primary N) is 1. The number of aromatic nitrogens is 3. The topological polar surface area (TPSA) is 89.1 Å². The van der Waals surface area contributed by atoms with E-state index in [2.05, 4.69) is 38.5 Å². The minimum absolute atomic E-state index is 0.0946. The highest BCUT2D eigenvalue weighted by Crippen LogP contribution is 2.29. The van der Waals surface area contributed by atoms with Crippen molar-refractivity contribution in [3.8, 4) is 0 Å².